The highest BCUT2D eigenvalue weighted by molar-refractivity contribution is 7.78. The van der Waals surface area contributed by atoms with Crippen molar-refractivity contribution < 1.29 is 0 Å². The topological polar surface area (TPSA) is 41.3 Å². The molecule has 1 saturated carbocycles. The van der Waals surface area contributed by atoms with Crippen molar-refractivity contribution in [2.75, 3.05) is 0 Å². The maximum Gasteiger partial charge on any atom is 0.0771 e. The number of rotatable bonds is 3. The van der Waals surface area contributed by atoms with E-state index >= 15 is 0 Å². The molecule has 3 N–H and O–H groups in total. The molecule has 0 amide bonds. The Morgan fingerprint density at radius 1 is 1.75 bits per heavy atom. The highest BCUT2D eigenvalue weighted by Crippen LogP contribution is 2.22. The summed E-state index contributed by atoms with van der Waals surface area (Å²) in [6.07, 6.45) is 2.37. The predicted octanol–water partition coefficient (Wildman–Crippen LogP) is -0.214. The number of nitrogens with zero attached hydrogens (tertiary/aromatic N) is 1. The average molecular weight is 131 g/mol. The van der Waals surface area contributed by atoms with Crippen molar-refractivity contribution in [3.63, 3.8) is 0 Å². The Kier molecular flexibility index (Phi) is 1.77. The van der Waals surface area contributed by atoms with Gasteiger partial charge in [-0.3, -0.25) is 5.84 Å². The molecule has 3 nitrogen and oxygen atoms in total. The first-order valence-corrected chi connectivity index (χ1v) is 3.05. The summed E-state index contributed by atoms with van der Waals surface area (Å²) in [6, 6.07) is 0.522. The lowest BCUT2D eigenvalue weighted by molar-refractivity contribution is 0.236. The third-order valence-corrected chi connectivity index (χ3v) is 1.25. The first-order valence-electron chi connectivity index (χ1n) is 2.58. The van der Waals surface area contributed by atoms with E-state index in [4.69, 9.17) is 5.84 Å². The Bertz CT molecular complexity index is 91.3. The smallest absolute Gasteiger partial charge is 0.0771 e. The monoisotopic (exact) mass is 131 g/mol. The number of hydrogen-bond donors (Lipinski definition) is 2. The number of nitrogens with two attached hydrogens (primary N) is 1. The van der Waals surface area contributed by atoms with Gasteiger partial charge in [-0.1, -0.05) is 12.2 Å². The van der Waals surface area contributed by atoms with Crippen LogP contribution in [0.1, 0.15) is 12.8 Å². The van der Waals surface area contributed by atoms with Gasteiger partial charge in [0.15, 0.2) is 0 Å². The zero-order valence-electron chi connectivity index (χ0n) is 4.50. The van der Waals surface area contributed by atoms with Crippen molar-refractivity contribution in [1.82, 2.24) is 10.5 Å². The fourth-order valence-electron chi connectivity index (χ4n) is 0.519. The lowest BCUT2D eigenvalue weighted by Gasteiger charge is -2.12. The molecule has 1 rings (SSSR count). The molecular formula is C4H9N3S. The molecule has 1 fully saturated rings. The number of nitrogens with one attached hydrogen (secondary N) is 1. The van der Waals surface area contributed by atoms with Crippen LogP contribution in [0.15, 0.2) is 0 Å². The summed E-state index contributed by atoms with van der Waals surface area (Å²) in [5.74, 6) is 5.41. The van der Waals surface area contributed by atoms with E-state index in [1.165, 1.54) is 18.3 Å². The van der Waals surface area contributed by atoms with Gasteiger partial charge in [-0.05, 0) is 12.8 Å². The van der Waals surface area contributed by atoms with Gasteiger partial charge in [0.25, 0.3) is 0 Å². The molecule has 0 aliphatic heterocycles. The minimum Gasteiger partial charge on any atom is -0.302 e. The van der Waals surface area contributed by atoms with Gasteiger partial charge in [-0.2, -0.15) is 5.12 Å². The molecule has 0 aromatic carbocycles. The van der Waals surface area contributed by atoms with Gasteiger partial charge in [0, 0.05) is 6.04 Å². The zero-order chi connectivity index (χ0) is 5.98. The van der Waals surface area contributed by atoms with Crippen LogP contribution in [-0.2, 0) is 0 Å². The quantitative estimate of drug-likeness (QED) is 0.316. The second kappa shape index (κ2) is 2.39. The van der Waals surface area contributed by atoms with E-state index in [2.05, 4.69) is 17.6 Å². The molecule has 0 unspecified atom stereocenters. The van der Waals surface area contributed by atoms with E-state index in [9.17, 15) is 0 Å². The van der Waals surface area contributed by atoms with E-state index in [0.717, 1.165) is 0 Å². The van der Waals surface area contributed by atoms with E-state index < -0.39 is 0 Å². The summed E-state index contributed by atoms with van der Waals surface area (Å²) in [4.78, 5) is 0. The summed E-state index contributed by atoms with van der Waals surface area (Å²) in [7, 11) is 0. The Morgan fingerprint density at radius 2 is 2.38 bits per heavy atom. The largest absolute Gasteiger partial charge is 0.302 e. The highest BCUT2D eigenvalue weighted by atomic mass is 32.1. The van der Waals surface area contributed by atoms with E-state index in [-0.39, 0.29) is 0 Å². The van der Waals surface area contributed by atoms with Crippen LogP contribution in [0.3, 0.4) is 0 Å². The van der Waals surface area contributed by atoms with Gasteiger partial charge in [0.1, 0.15) is 0 Å². The molecule has 4 heteroatoms. The Morgan fingerprint density at radius 3 is 2.75 bits per heavy atom. The van der Waals surface area contributed by atoms with E-state index in [0.29, 0.717) is 6.04 Å². The Balaban J connectivity index is 2.12. The van der Waals surface area contributed by atoms with Crippen LogP contribution in [-0.4, -0.2) is 16.7 Å². The van der Waals surface area contributed by atoms with E-state index in [1.54, 1.807) is 5.12 Å². The predicted molar refractivity (Wildman–Crippen MR) is 35.8 cm³/mol. The second-order valence-electron chi connectivity index (χ2n) is 1.89. The number of hydrazine groups is 2. The van der Waals surface area contributed by atoms with Gasteiger partial charge in [-0.15, -0.1) is 0 Å². The average Bonchev–Trinajstić information content (AvgIpc) is 2.45. The summed E-state index contributed by atoms with van der Waals surface area (Å²) in [5.41, 5.74) is 4.12. The lowest BCUT2D eigenvalue weighted by Crippen LogP contribution is -2.44. The van der Waals surface area contributed by atoms with Crippen LogP contribution in [0.5, 0.6) is 0 Å². The molecule has 0 spiro atoms. The molecule has 0 aromatic heterocycles. The van der Waals surface area contributed by atoms with Crippen LogP contribution < -0.4 is 11.3 Å². The van der Waals surface area contributed by atoms with Gasteiger partial charge >= 0.3 is 0 Å². The van der Waals surface area contributed by atoms with Crippen molar-refractivity contribution >= 4 is 17.7 Å². The van der Waals surface area contributed by atoms with E-state index in [1.807, 2.05) is 0 Å². The molecular weight excluding hydrogens is 122 g/mol. The van der Waals surface area contributed by atoms with Crippen molar-refractivity contribution in [1.29, 1.82) is 0 Å². The summed E-state index contributed by atoms with van der Waals surface area (Å²) < 4.78 is 0. The first-order chi connectivity index (χ1) is 3.84. The molecule has 0 bridgehead atoms. The third kappa shape index (κ3) is 1.40. The molecule has 46 valence electrons. The van der Waals surface area contributed by atoms with Crippen LogP contribution >= 0.6 is 12.2 Å². The highest BCUT2D eigenvalue weighted by Gasteiger charge is 2.26. The molecule has 1 aliphatic carbocycles. The number of hydrogen-bond acceptors (Lipinski definition) is 3. The molecule has 0 saturated heterocycles. The molecule has 1 aliphatic rings. The van der Waals surface area contributed by atoms with Crippen molar-refractivity contribution in [3.05, 3.63) is 0 Å². The molecule has 0 aromatic rings. The van der Waals surface area contributed by atoms with Crippen molar-refractivity contribution in [2.24, 2.45) is 5.84 Å². The lowest BCUT2D eigenvalue weighted by atomic mass is 10.7. The first kappa shape index (κ1) is 5.94. The molecule has 0 atom stereocenters. The minimum atomic E-state index is 0.522. The summed E-state index contributed by atoms with van der Waals surface area (Å²) >= 11 is 4.52. The maximum absolute atomic E-state index is 5.41. The van der Waals surface area contributed by atoms with Gasteiger partial charge in [0.2, 0.25) is 0 Å². The Labute approximate surface area is 53.8 Å². The van der Waals surface area contributed by atoms with Gasteiger partial charge < -0.3 is 5.43 Å². The van der Waals surface area contributed by atoms with Crippen molar-refractivity contribution in [3.8, 4) is 0 Å². The van der Waals surface area contributed by atoms with Crippen LogP contribution in [0, 0.1) is 0 Å². The zero-order valence-corrected chi connectivity index (χ0v) is 5.32. The maximum atomic E-state index is 5.41. The van der Waals surface area contributed by atoms with Gasteiger partial charge in [-0.25, -0.2) is 0 Å². The molecule has 0 heterocycles. The molecule has 0 radical (unpaired) electrons. The Hall–Kier alpha value is -0.190. The minimum absolute atomic E-state index is 0.522. The van der Waals surface area contributed by atoms with Crippen molar-refractivity contribution in [2.45, 2.75) is 18.9 Å². The standard InChI is InChI=1S/C4H9N3S/c5-7(6-3-8)4-1-2-4/h3-4H,1-2,5H2,(H,6,8). The van der Waals surface area contributed by atoms with Gasteiger partial charge in [0.05, 0.1) is 5.49 Å². The van der Waals surface area contributed by atoms with Crippen LogP contribution in [0.25, 0.3) is 0 Å². The normalized spacial score (nSPS) is 18.8. The SMILES string of the molecule is NN(NC=S)C1CC1. The second-order valence-corrected chi connectivity index (χ2v) is 2.12. The van der Waals surface area contributed by atoms with Crippen LogP contribution in [0.4, 0.5) is 0 Å². The summed E-state index contributed by atoms with van der Waals surface area (Å²) in [6.45, 7) is 0. The van der Waals surface area contributed by atoms with Crippen LogP contribution in [0.2, 0.25) is 0 Å². The third-order valence-electron chi connectivity index (χ3n) is 1.14. The fourth-order valence-corrected chi connectivity index (χ4v) is 0.641. The summed E-state index contributed by atoms with van der Waals surface area (Å²) in [5, 5.41) is 1.55. The fraction of sp³-hybridized carbons (Fsp3) is 0.750. The number of thiocarbonyl (C=S) groups is 1. The molecule has 8 heavy (non-hydrogen) atoms.